The van der Waals surface area contributed by atoms with E-state index in [1.54, 1.807) is 26.4 Å². The first-order valence-corrected chi connectivity index (χ1v) is 10.4. The number of hydrogen-bond donors (Lipinski definition) is 2. The number of methoxy groups -OCH3 is 2. The minimum absolute atomic E-state index is 0.134. The Balaban J connectivity index is 1.60. The number of oxime groups is 1. The number of rotatable bonds is 4. The van der Waals surface area contributed by atoms with Crippen LogP contribution < -0.4 is 18.9 Å². The molecule has 31 heavy (non-hydrogen) atoms. The molecule has 0 bridgehead atoms. The zero-order valence-electron chi connectivity index (χ0n) is 17.5. The van der Waals surface area contributed by atoms with E-state index in [4.69, 9.17) is 36.4 Å². The quantitative estimate of drug-likeness (QED) is 0.555. The van der Waals surface area contributed by atoms with Crippen molar-refractivity contribution in [1.82, 2.24) is 0 Å². The lowest BCUT2D eigenvalue weighted by molar-refractivity contribution is 0.00283. The number of thiol groups is 1. The first-order valence-electron chi connectivity index (χ1n) is 9.90. The van der Waals surface area contributed by atoms with Gasteiger partial charge in [0.25, 0.3) is 0 Å². The first kappa shape index (κ1) is 19.9. The lowest BCUT2D eigenvalue weighted by atomic mass is 9.83. The van der Waals surface area contributed by atoms with Crippen LogP contribution in [0.15, 0.2) is 41.6 Å². The zero-order valence-corrected chi connectivity index (χ0v) is 18.4. The van der Waals surface area contributed by atoms with Crippen molar-refractivity contribution in [3.8, 4) is 28.7 Å². The molecule has 3 aliphatic heterocycles. The Labute approximate surface area is 185 Å². The molecule has 0 amide bonds. The molecule has 2 aromatic rings. The van der Waals surface area contributed by atoms with Gasteiger partial charge in [0.05, 0.1) is 20.1 Å². The van der Waals surface area contributed by atoms with Crippen LogP contribution in [0.5, 0.6) is 28.7 Å². The van der Waals surface area contributed by atoms with Crippen LogP contribution in [0.1, 0.15) is 29.5 Å². The maximum atomic E-state index is 11.1. The summed E-state index contributed by atoms with van der Waals surface area (Å²) in [5.41, 5.74) is 3.60. The second kappa shape index (κ2) is 7.02. The van der Waals surface area contributed by atoms with Gasteiger partial charge in [0.1, 0.15) is 35.7 Å². The molecule has 5 rings (SSSR count). The van der Waals surface area contributed by atoms with Gasteiger partial charge in [-0.3, -0.25) is 0 Å². The smallest absolute Gasteiger partial charge is 0.226 e. The van der Waals surface area contributed by atoms with Gasteiger partial charge in [0.2, 0.25) is 4.93 Å². The fourth-order valence-electron chi connectivity index (χ4n) is 4.35. The molecule has 3 atom stereocenters. The molecule has 0 radical (unpaired) electrons. The second-order valence-corrected chi connectivity index (χ2v) is 8.73. The maximum absolute atomic E-state index is 11.1. The van der Waals surface area contributed by atoms with E-state index in [2.05, 4.69) is 11.7 Å². The molecule has 3 aliphatic rings. The third-order valence-corrected chi connectivity index (χ3v) is 6.48. The standard InChI is InChI=1S/C23H23NO6S/c1-11(2)16-8-14-15(29-16)6-5-12(22(14)25)21-20-13-7-18(26-3)19(27-4)9-17(13)28-10-23(20,31)30-24-21/h5-7,9,16,20,25,31H,1,8,10H2,2-4H3/t16-,20?,23?/m1/s1. The fraction of sp³-hybridized carbons (Fsp3) is 0.348. The van der Waals surface area contributed by atoms with E-state index < -0.39 is 4.93 Å². The normalized spacial score (nSPS) is 25.2. The molecule has 2 aromatic carbocycles. The van der Waals surface area contributed by atoms with Crippen molar-refractivity contribution in [3.63, 3.8) is 0 Å². The SMILES string of the molecule is C=C(C)[C@H]1Cc2c(ccc(C3=NOC4(S)COc5cc(OC)c(OC)cc5C34)c2O)O1. The molecule has 1 N–H and O–H groups in total. The van der Waals surface area contributed by atoms with Crippen molar-refractivity contribution in [3.05, 3.63) is 53.1 Å². The van der Waals surface area contributed by atoms with Crippen molar-refractivity contribution in [2.75, 3.05) is 20.8 Å². The van der Waals surface area contributed by atoms with E-state index in [1.807, 2.05) is 19.1 Å². The van der Waals surface area contributed by atoms with Crippen LogP contribution in [-0.2, 0) is 11.3 Å². The van der Waals surface area contributed by atoms with Crippen molar-refractivity contribution in [2.45, 2.75) is 30.3 Å². The Morgan fingerprint density at radius 1 is 1.23 bits per heavy atom. The van der Waals surface area contributed by atoms with Crippen LogP contribution in [0.2, 0.25) is 0 Å². The molecule has 3 heterocycles. The van der Waals surface area contributed by atoms with Gasteiger partial charge < -0.3 is 28.9 Å². The minimum Gasteiger partial charge on any atom is -0.507 e. The highest BCUT2D eigenvalue weighted by Gasteiger charge is 2.53. The third-order valence-electron chi connectivity index (χ3n) is 6.01. The average Bonchev–Trinajstić information content (AvgIpc) is 3.35. The summed E-state index contributed by atoms with van der Waals surface area (Å²) in [5.74, 6) is 2.16. The lowest BCUT2D eigenvalue weighted by Gasteiger charge is -2.35. The van der Waals surface area contributed by atoms with Gasteiger partial charge in [-0.15, -0.1) is 12.6 Å². The molecule has 0 spiro atoms. The van der Waals surface area contributed by atoms with E-state index in [1.165, 1.54) is 0 Å². The number of fused-ring (bicyclic) bond motifs is 4. The van der Waals surface area contributed by atoms with Crippen LogP contribution >= 0.6 is 12.6 Å². The summed E-state index contributed by atoms with van der Waals surface area (Å²) in [5, 5.41) is 15.5. The van der Waals surface area contributed by atoms with Gasteiger partial charge in [-0.1, -0.05) is 11.7 Å². The van der Waals surface area contributed by atoms with Crippen LogP contribution in [0, 0.1) is 0 Å². The zero-order chi connectivity index (χ0) is 21.9. The Morgan fingerprint density at radius 3 is 2.68 bits per heavy atom. The van der Waals surface area contributed by atoms with E-state index in [9.17, 15) is 5.11 Å². The lowest BCUT2D eigenvalue weighted by Crippen LogP contribution is -2.41. The summed E-state index contributed by atoms with van der Waals surface area (Å²) < 4.78 is 22.7. The first-order chi connectivity index (χ1) is 14.9. The molecule has 0 fully saturated rings. The monoisotopic (exact) mass is 441 g/mol. The van der Waals surface area contributed by atoms with Gasteiger partial charge in [-0.25, -0.2) is 0 Å². The summed E-state index contributed by atoms with van der Waals surface area (Å²) in [6, 6.07) is 7.28. The Bertz CT molecular complexity index is 1130. The number of phenolic OH excluding ortho intramolecular Hbond substituents is 1. The van der Waals surface area contributed by atoms with E-state index in [0.29, 0.717) is 40.7 Å². The Morgan fingerprint density at radius 2 is 1.97 bits per heavy atom. The van der Waals surface area contributed by atoms with Crippen LogP contribution in [0.25, 0.3) is 0 Å². The summed E-state index contributed by atoms with van der Waals surface area (Å²) in [4.78, 5) is 4.72. The van der Waals surface area contributed by atoms with Crippen molar-refractivity contribution in [2.24, 2.45) is 5.16 Å². The van der Waals surface area contributed by atoms with Crippen molar-refractivity contribution >= 4 is 18.3 Å². The summed E-state index contributed by atoms with van der Waals surface area (Å²) in [6.45, 7) is 6.07. The van der Waals surface area contributed by atoms with Crippen molar-refractivity contribution in [1.29, 1.82) is 0 Å². The summed E-state index contributed by atoms with van der Waals surface area (Å²) >= 11 is 4.76. The van der Waals surface area contributed by atoms with E-state index in [0.717, 1.165) is 16.7 Å². The molecule has 0 saturated carbocycles. The molecule has 2 unspecified atom stereocenters. The molecule has 8 heteroatoms. The van der Waals surface area contributed by atoms with Crippen molar-refractivity contribution < 1.29 is 28.9 Å². The highest BCUT2D eigenvalue weighted by atomic mass is 32.1. The molecule has 0 aliphatic carbocycles. The largest absolute Gasteiger partial charge is 0.507 e. The average molecular weight is 442 g/mol. The minimum atomic E-state index is -1.01. The molecule has 162 valence electrons. The highest BCUT2D eigenvalue weighted by Crippen LogP contribution is 2.53. The predicted molar refractivity (Wildman–Crippen MR) is 118 cm³/mol. The van der Waals surface area contributed by atoms with Gasteiger partial charge in [0, 0.05) is 29.2 Å². The van der Waals surface area contributed by atoms with E-state index in [-0.39, 0.29) is 24.4 Å². The van der Waals surface area contributed by atoms with Crippen LogP contribution in [0.4, 0.5) is 0 Å². The van der Waals surface area contributed by atoms with Gasteiger partial charge >= 0.3 is 0 Å². The summed E-state index contributed by atoms with van der Waals surface area (Å²) in [6.07, 6.45) is 0.405. The van der Waals surface area contributed by atoms with Gasteiger partial charge in [0.15, 0.2) is 11.5 Å². The Kier molecular flexibility index (Phi) is 4.51. The third kappa shape index (κ3) is 2.92. The number of benzene rings is 2. The fourth-order valence-corrected chi connectivity index (χ4v) is 4.71. The topological polar surface area (TPSA) is 78.7 Å². The number of nitrogens with zero attached hydrogens (tertiary/aromatic N) is 1. The van der Waals surface area contributed by atoms with Crippen LogP contribution in [0.3, 0.4) is 0 Å². The van der Waals surface area contributed by atoms with Gasteiger partial charge in [-0.05, 0) is 30.7 Å². The van der Waals surface area contributed by atoms with E-state index >= 15 is 0 Å². The number of phenols is 1. The van der Waals surface area contributed by atoms with Crippen LogP contribution in [-0.4, -0.2) is 42.7 Å². The maximum Gasteiger partial charge on any atom is 0.226 e. The Hall–Kier alpha value is -3.00. The molecular formula is C23H23NO6S. The number of ether oxygens (including phenoxy) is 4. The second-order valence-electron chi connectivity index (χ2n) is 7.97. The predicted octanol–water partition coefficient (Wildman–Crippen LogP) is 3.83. The summed E-state index contributed by atoms with van der Waals surface area (Å²) in [7, 11) is 3.15. The molecule has 0 saturated heterocycles. The molecular weight excluding hydrogens is 418 g/mol. The number of aromatic hydroxyl groups is 1. The highest BCUT2D eigenvalue weighted by molar-refractivity contribution is 7.81. The van der Waals surface area contributed by atoms with Gasteiger partial charge in [-0.2, -0.15) is 0 Å². The molecule has 0 aromatic heterocycles. The molecule has 7 nitrogen and oxygen atoms in total. The number of hydrogen-bond acceptors (Lipinski definition) is 8.